The first-order valence-corrected chi connectivity index (χ1v) is 8.97. The molecule has 3 rings (SSSR count). The highest BCUT2D eigenvalue weighted by atomic mass is 32.2. The molecule has 0 atom stereocenters. The highest BCUT2D eigenvalue weighted by Crippen LogP contribution is 2.27. The lowest BCUT2D eigenvalue weighted by molar-refractivity contribution is 0.255. The van der Waals surface area contributed by atoms with E-state index in [1.165, 1.54) is 48.5 Å². The largest absolute Gasteiger partial charge is 0.351 e. The molecule has 9 heteroatoms. The normalized spacial score (nSPS) is 11.3. The van der Waals surface area contributed by atoms with Crippen LogP contribution in [0, 0.1) is 5.82 Å². The number of rotatable bonds is 4. The molecule has 0 aliphatic rings. The van der Waals surface area contributed by atoms with Gasteiger partial charge in [0.2, 0.25) is 0 Å². The summed E-state index contributed by atoms with van der Waals surface area (Å²) in [4.78, 5) is 16.2. The van der Waals surface area contributed by atoms with Crippen molar-refractivity contribution >= 4 is 38.3 Å². The predicted molar refractivity (Wildman–Crippen MR) is 96.9 cm³/mol. The van der Waals surface area contributed by atoms with E-state index in [0.717, 1.165) is 6.07 Å². The molecule has 0 fully saturated rings. The lowest BCUT2D eigenvalue weighted by Gasteiger charge is -2.16. The molecule has 0 aliphatic carbocycles. The highest BCUT2D eigenvalue weighted by molar-refractivity contribution is 7.93. The van der Waals surface area contributed by atoms with E-state index in [4.69, 9.17) is 5.73 Å². The minimum Gasteiger partial charge on any atom is -0.351 e. The van der Waals surface area contributed by atoms with Gasteiger partial charge in [0, 0.05) is 24.3 Å². The van der Waals surface area contributed by atoms with Gasteiger partial charge < -0.3 is 5.73 Å². The molecular formula is C17H15FN4O3S. The third-order valence-electron chi connectivity index (χ3n) is 3.79. The summed E-state index contributed by atoms with van der Waals surface area (Å²) in [5, 5.41) is 0.172. The first-order valence-electron chi connectivity index (χ1n) is 7.49. The van der Waals surface area contributed by atoms with Crippen molar-refractivity contribution in [2.75, 3.05) is 16.7 Å². The van der Waals surface area contributed by atoms with E-state index >= 15 is 0 Å². The van der Waals surface area contributed by atoms with Crippen LogP contribution in [0.4, 0.5) is 20.6 Å². The number of nitrogens with one attached hydrogen (secondary N) is 1. The number of anilines is 2. The van der Waals surface area contributed by atoms with Gasteiger partial charge in [0.05, 0.1) is 10.6 Å². The van der Waals surface area contributed by atoms with E-state index in [-0.39, 0.29) is 21.5 Å². The number of benzene rings is 2. The van der Waals surface area contributed by atoms with Gasteiger partial charge in [-0.3, -0.25) is 14.6 Å². The van der Waals surface area contributed by atoms with Gasteiger partial charge in [-0.05, 0) is 42.5 Å². The predicted octanol–water partition coefficient (Wildman–Crippen LogP) is 2.69. The van der Waals surface area contributed by atoms with Crippen LogP contribution in [0.2, 0.25) is 0 Å². The molecule has 0 radical (unpaired) electrons. The number of primary amides is 1. The number of nitrogens with zero attached hydrogens (tertiary/aromatic N) is 2. The number of hydrogen-bond donors (Lipinski definition) is 2. The van der Waals surface area contributed by atoms with Crippen molar-refractivity contribution < 1.29 is 17.6 Å². The van der Waals surface area contributed by atoms with Gasteiger partial charge in [-0.1, -0.05) is 6.07 Å². The number of halogens is 1. The number of hydrogen-bond acceptors (Lipinski definition) is 4. The number of nitrogens with two attached hydrogens (primary N) is 1. The molecule has 0 saturated heterocycles. The van der Waals surface area contributed by atoms with Crippen LogP contribution in [0.3, 0.4) is 0 Å². The number of fused-ring (bicyclic) bond motifs is 1. The lowest BCUT2D eigenvalue weighted by atomic mass is 10.2. The van der Waals surface area contributed by atoms with Crippen LogP contribution in [-0.4, -0.2) is 26.5 Å². The zero-order valence-electron chi connectivity index (χ0n) is 13.7. The Morgan fingerprint density at radius 3 is 2.69 bits per heavy atom. The summed E-state index contributed by atoms with van der Waals surface area (Å²) in [6.45, 7) is 0. The molecule has 0 unspecified atom stereocenters. The maximum atomic E-state index is 13.9. The lowest BCUT2D eigenvalue weighted by Crippen LogP contribution is -2.31. The smallest absolute Gasteiger partial charge is 0.318 e. The summed E-state index contributed by atoms with van der Waals surface area (Å²) in [5.74, 6) is -0.607. The maximum Gasteiger partial charge on any atom is 0.318 e. The van der Waals surface area contributed by atoms with Crippen LogP contribution in [0.5, 0.6) is 0 Å². The molecule has 0 spiro atoms. The zero-order valence-corrected chi connectivity index (χ0v) is 14.5. The number of urea groups is 1. The summed E-state index contributed by atoms with van der Waals surface area (Å²) in [6, 6.07) is 10.8. The summed E-state index contributed by atoms with van der Waals surface area (Å²) in [5.41, 5.74) is 5.84. The molecule has 26 heavy (non-hydrogen) atoms. The van der Waals surface area contributed by atoms with Gasteiger partial charge in [-0.25, -0.2) is 17.6 Å². The van der Waals surface area contributed by atoms with Crippen molar-refractivity contribution in [1.29, 1.82) is 0 Å². The van der Waals surface area contributed by atoms with E-state index in [0.29, 0.717) is 5.69 Å². The number of aromatic nitrogens is 1. The number of sulfonamides is 1. The third-order valence-corrected chi connectivity index (χ3v) is 5.23. The van der Waals surface area contributed by atoms with Crippen LogP contribution in [0.15, 0.2) is 59.6 Å². The van der Waals surface area contributed by atoms with Crippen molar-refractivity contribution in [3.63, 3.8) is 0 Å². The molecule has 3 aromatic rings. The Morgan fingerprint density at radius 2 is 1.96 bits per heavy atom. The Bertz CT molecular complexity index is 1100. The fourth-order valence-corrected chi connectivity index (χ4v) is 3.71. The molecule has 0 saturated carbocycles. The van der Waals surface area contributed by atoms with Crippen LogP contribution in [0.25, 0.3) is 10.9 Å². The van der Waals surface area contributed by atoms with Crippen LogP contribution in [0.1, 0.15) is 0 Å². The van der Waals surface area contributed by atoms with Gasteiger partial charge >= 0.3 is 6.03 Å². The van der Waals surface area contributed by atoms with Gasteiger partial charge in [-0.2, -0.15) is 0 Å². The molecule has 2 amide bonds. The van der Waals surface area contributed by atoms with Gasteiger partial charge in [0.1, 0.15) is 11.3 Å². The van der Waals surface area contributed by atoms with E-state index < -0.39 is 21.9 Å². The van der Waals surface area contributed by atoms with E-state index in [2.05, 4.69) is 9.71 Å². The fraction of sp³-hybridized carbons (Fsp3) is 0.0588. The third kappa shape index (κ3) is 3.29. The standard InChI is InChI=1S/C17H15FN4O3S/c1-22(17(19)23)12-5-2-4-11(10-12)21-26(24,25)15-8-7-14(18)16-13(15)6-3-9-20-16/h2-10,21H,1H3,(H2,19,23). The van der Waals surface area contributed by atoms with Crippen molar-refractivity contribution in [3.8, 4) is 0 Å². The Labute approximate surface area is 149 Å². The van der Waals surface area contributed by atoms with Crippen molar-refractivity contribution in [1.82, 2.24) is 4.98 Å². The summed E-state index contributed by atoms with van der Waals surface area (Å²) >= 11 is 0. The second-order valence-corrected chi connectivity index (χ2v) is 7.15. The van der Waals surface area contributed by atoms with Crippen molar-refractivity contribution in [2.24, 2.45) is 5.73 Å². The van der Waals surface area contributed by atoms with Gasteiger partial charge in [0.25, 0.3) is 10.0 Å². The molecule has 3 N–H and O–H groups in total. The second kappa shape index (κ2) is 6.60. The molecule has 7 nitrogen and oxygen atoms in total. The number of carbonyl (C=O) groups excluding carboxylic acids is 1. The first kappa shape index (κ1) is 17.6. The van der Waals surface area contributed by atoms with E-state index in [1.54, 1.807) is 12.1 Å². The Hall–Kier alpha value is -3.20. The molecular weight excluding hydrogens is 359 g/mol. The second-order valence-electron chi connectivity index (χ2n) is 5.50. The molecule has 1 aromatic heterocycles. The molecule has 134 valence electrons. The van der Waals surface area contributed by atoms with Crippen LogP contribution in [-0.2, 0) is 10.0 Å². The topological polar surface area (TPSA) is 105 Å². The highest BCUT2D eigenvalue weighted by Gasteiger charge is 2.20. The Kier molecular flexibility index (Phi) is 4.47. The first-order chi connectivity index (χ1) is 12.3. The minimum absolute atomic E-state index is 0.0300. The number of pyridine rings is 1. The van der Waals surface area contributed by atoms with Crippen molar-refractivity contribution in [2.45, 2.75) is 4.90 Å². The maximum absolute atomic E-state index is 13.9. The van der Waals surface area contributed by atoms with Gasteiger partial charge in [0.15, 0.2) is 0 Å². The average Bonchev–Trinajstić information content (AvgIpc) is 2.61. The minimum atomic E-state index is -4.01. The summed E-state index contributed by atoms with van der Waals surface area (Å²) < 4.78 is 41.8. The van der Waals surface area contributed by atoms with Crippen LogP contribution >= 0.6 is 0 Å². The summed E-state index contributed by atoms with van der Waals surface area (Å²) in [7, 11) is -2.54. The molecule has 0 bridgehead atoms. The molecule has 0 aliphatic heterocycles. The number of amides is 2. The Balaban J connectivity index is 2.02. The average molecular weight is 374 g/mol. The summed E-state index contributed by atoms with van der Waals surface area (Å²) in [6.07, 6.45) is 1.39. The van der Waals surface area contributed by atoms with E-state index in [1.807, 2.05) is 0 Å². The fourth-order valence-electron chi connectivity index (χ4n) is 2.46. The van der Waals surface area contributed by atoms with E-state index in [9.17, 15) is 17.6 Å². The molecule has 1 heterocycles. The quantitative estimate of drug-likeness (QED) is 0.732. The monoisotopic (exact) mass is 374 g/mol. The Morgan fingerprint density at radius 1 is 1.19 bits per heavy atom. The van der Waals surface area contributed by atoms with Gasteiger partial charge in [-0.15, -0.1) is 0 Å². The molecule has 2 aromatic carbocycles. The number of carbonyl (C=O) groups is 1. The van der Waals surface area contributed by atoms with Crippen molar-refractivity contribution in [3.05, 3.63) is 60.5 Å². The zero-order chi connectivity index (χ0) is 18.9. The SMILES string of the molecule is CN(C(N)=O)c1cccc(NS(=O)(=O)c2ccc(F)c3ncccc23)c1. The van der Waals surface area contributed by atoms with Crippen LogP contribution < -0.4 is 15.4 Å².